The molecule has 2 aromatic heterocycles. The summed E-state index contributed by atoms with van der Waals surface area (Å²) < 4.78 is 28.5. The molecule has 2 saturated heterocycles. The van der Waals surface area contributed by atoms with Crippen LogP contribution in [-0.4, -0.2) is 51.3 Å². The Hall–Kier alpha value is -4.41. The van der Waals surface area contributed by atoms with E-state index in [1.807, 2.05) is 17.0 Å². The van der Waals surface area contributed by atoms with Gasteiger partial charge in [0.2, 0.25) is 5.95 Å². The van der Waals surface area contributed by atoms with Gasteiger partial charge in [0.05, 0.1) is 27.3 Å². The van der Waals surface area contributed by atoms with Crippen LogP contribution < -0.4 is 11.1 Å². The molecule has 5 aromatic rings. The van der Waals surface area contributed by atoms with E-state index in [0.29, 0.717) is 44.4 Å². The van der Waals surface area contributed by atoms with E-state index in [-0.39, 0.29) is 28.9 Å². The number of amides is 1. The molecule has 0 aliphatic carbocycles. The normalized spacial score (nSPS) is 19.9. The zero-order chi connectivity index (χ0) is 29.7. The lowest BCUT2D eigenvalue weighted by Crippen LogP contribution is -2.49. The van der Waals surface area contributed by atoms with Gasteiger partial charge in [-0.2, -0.15) is 0 Å². The number of carbonyl (C=O) groups is 1. The molecule has 3 N–H and O–H groups in total. The second-order valence-electron chi connectivity index (χ2n) is 11.1. The molecule has 3 atom stereocenters. The molecule has 3 aromatic carbocycles. The van der Waals surface area contributed by atoms with Gasteiger partial charge in [0.15, 0.2) is 0 Å². The maximum absolute atomic E-state index is 13.6. The number of anilines is 2. The van der Waals surface area contributed by atoms with Gasteiger partial charge in [-0.1, -0.05) is 48.0 Å². The molecule has 0 radical (unpaired) electrons. The monoisotopic (exact) mass is 612 g/mol. The quantitative estimate of drug-likeness (QED) is 0.232. The highest BCUT2D eigenvalue weighted by atomic mass is 35.5. The van der Waals surface area contributed by atoms with E-state index >= 15 is 0 Å². The summed E-state index contributed by atoms with van der Waals surface area (Å²) in [5.41, 5.74) is 8.65. The summed E-state index contributed by atoms with van der Waals surface area (Å²) >= 11 is 6.63. The maximum Gasteiger partial charge on any atom is 0.268 e. The Morgan fingerprint density at radius 1 is 0.930 bits per heavy atom. The number of carbonyl (C=O) groups excluding carboxylic acids is 1. The Labute approximate surface area is 254 Å². The minimum absolute atomic E-state index is 0.0397. The second kappa shape index (κ2) is 10.7. The molecule has 2 fully saturated rings. The van der Waals surface area contributed by atoms with Gasteiger partial charge in [0.25, 0.3) is 15.9 Å². The molecule has 218 valence electrons. The topological polar surface area (TPSA) is 123 Å². The fourth-order valence-electron chi connectivity index (χ4n) is 6.45. The Bertz CT molecular complexity index is 1930. The molecule has 1 amide bonds. The lowest BCUT2D eigenvalue weighted by atomic mass is 9.96. The highest BCUT2D eigenvalue weighted by molar-refractivity contribution is 7.90. The van der Waals surface area contributed by atoms with Crippen molar-refractivity contribution in [2.75, 3.05) is 11.1 Å². The summed E-state index contributed by atoms with van der Waals surface area (Å²) in [6.07, 6.45) is 6.56. The smallest absolute Gasteiger partial charge is 0.268 e. The lowest BCUT2D eigenvalue weighted by molar-refractivity contribution is 0.0582. The van der Waals surface area contributed by atoms with Crippen molar-refractivity contribution in [1.29, 1.82) is 0 Å². The molecular formula is C32H29ClN6O3S. The van der Waals surface area contributed by atoms with Gasteiger partial charge >= 0.3 is 0 Å². The average molecular weight is 613 g/mol. The second-order valence-corrected chi connectivity index (χ2v) is 13.3. The molecule has 2 bridgehead atoms. The number of benzene rings is 3. The summed E-state index contributed by atoms with van der Waals surface area (Å²) in [6, 6.07) is 23.0. The third-order valence-corrected chi connectivity index (χ3v) is 10.4. The lowest BCUT2D eigenvalue weighted by Gasteiger charge is -2.39. The van der Waals surface area contributed by atoms with Crippen molar-refractivity contribution >= 4 is 50.1 Å². The third kappa shape index (κ3) is 4.90. The van der Waals surface area contributed by atoms with Crippen LogP contribution in [0.2, 0.25) is 5.02 Å². The predicted molar refractivity (Wildman–Crippen MR) is 167 cm³/mol. The van der Waals surface area contributed by atoms with Crippen LogP contribution in [0.4, 0.5) is 11.6 Å². The summed E-state index contributed by atoms with van der Waals surface area (Å²) in [4.78, 5) is 24.8. The van der Waals surface area contributed by atoms with Crippen LogP contribution in [0.3, 0.4) is 0 Å². The number of nitrogen functional groups attached to an aromatic ring is 1. The van der Waals surface area contributed by atoms with Crippen LogP contribution >= 0.6 is 11.6 Å². The number of halogens is 1. The largest absolute Gasteiger partial charge is 0.399 e. The highest BCUT2D eigenvalue weighted by Gasteiger charge is 2.43. The van der Waals surface area contributed by atoms with E-state index in [4.69, 9.17) is 22.3 Å². The number of fused-ring (bicyclic) bond motifs is 3. The molecule has 4 heterocycles. The van der Waals surface area contributed by atoms with Crippen LogP contribution in [0.1, 0.15) is 36.0 Å². The molecule has 9 nitrogen and oxygen atoms in total. The first-order valence-electron chi connectivity index (χ1n) is 14.2. The number of nitrogens with one attached hydrogen (secondary N) is 1. The van der Waals surface area contributed by atoms with Crippen molar-refractivity contribution in [1.82, 2.24) is 18.8 Å². The van der Waals surface area contributed by atoms with Crippen LogP contribution in [0.25, 0.3) is 22.2 Å². The number of piperidine rings is 1. The van der Waals surface area contributed by atoms with Crippen molar-refractivity contribution < 1.29 is 13.2 Å². The molecule has 0 saturated carbocycles. The van der Waals surface area contributed by atoms with Gasteiger partial charge < -0.3 is 16.0 Å². The van der Waals surface area contributed by atoms with Gasteiger partial charge in [-0.3, -0.25) is 4.79 Å². The molecule has 0 spiro atoms. The van der Waals surface area contributed by atoms with Crippen molar-refractivity contribution in [3.8, 4) is 11.3 Å². The number of hydrogen-bond acceptors (Lipinski definition) is 7. The Balaban J connectivity index is 1.17. The zero-order valence-electron chi connectivity index (χ0n) is 23.1. The summed E-state index contributed by atoms with van der Waals surface area (Å²) in [7, 11) is -3.86. The van der Waals surface area contributed by atoms with Crippen molar-refractivity contribution in [2.24, 2.45) is 0 Å². The summed E-state index contributed by atoms with van der Waals surface area (Å²) in [5.74, 6) is 0.447. The molecule has 1 unspecified atom stereocenters. The summed E-state index contributed by atoms with van der Waals surface area (Å²) in [5, 5.41) is 4.50. The predicted octanol–water partition coefficient (Wildman–Crippen LogP) is 5.82. The van der Waals surface area contributed by atoms with Crippen LogP contribution in [-0.2, 0) is 10.0 Å². The maximum atomic E-state index is 13.6. The fourth-order valence-corrected chi connectivity index (χ4v) is 8.04. The van der Waals surface area contributed by atoms with Crippen molar-refractivity contribution in [3.05, 3.63) is 102 Å². The van der Waals surface area contributed by atoms with Gasteiger partial charge in [0, 0.05) is 46.5 Å². The minimum atomic E-state index is -3.86. The molecule has 2 aliphatic heterocycles. The first-order valence-corrected chi connectivity index (χ1v) is 16.0. The van der Waals surface area contributed by atoms with Crippen LogP contribution in [0.15, 0.2) is 96.2 Å². The van der Waals surface area contributed by atoms with Gasteiger partial charge in [-0.05, 0) is 68.1 Å². The van der Waals surface area contributed by atoms with Gasteiger partial charge in [0.1, 0.15) is 0 Å². The Morgan fingerprint density at radius 3 is 2.33 bits per heavy atom. The SMILES string of the molecule is Nc1ccc(C(=O)N2[C@@H]3CC[C@H]2CC(Nc2ncc(Cl)c(-c4cn(S(=O)(=O)c5ccccc5)c5ccccc45)n2)C3)cc1. The Morgan fingerprint density at radius 2 is 1.60 bits per heavy atom. The van der Waals surface area contributed by atoms with Crippen molar-refractivity contribution in [2.45, 2.75) is 48.7 Å². The number of aromatic nitrogens is 3. The molecular weight excluding hydrogens is 584 g/mol. The van der Waals surface area contributed by atoms with E-state index in [2.05, 4.69) is 10.3 Å². The molecule has 2 aliphatic rings. The highest BCUT2D eigenvalue weighted by Crippen LogP contribution is 2.39. The Kier molecular flexibility index (Phi) is 6.82. The first kappa shape index (κ1) is 27.4. The van der Waals surface area contributed by atoms with E-state index in [1.165, 1.54) is 3.97 Å². The van der Waals surface area contributed by atoms with E-state index in [9.17, 15) is 13.2 Å². The van der Waals surface area contributed by atoms with Gasteiger partial charge in [-0.25, -0.2) is 22.4 Å². The minimum Gasteiger partial charge on any atom is -0.399 e. The summed E-state index contributed by atoms with van der Waals surface area (Å²) in [6.45, 7) is 0. The number of para-hydroxylation sites is 1. The van der Waals surface area contributed by atoms with E-state index in [0.717, 1.165) is 25.7 Å². The zero-order valence-corrected chi connectivity index (χ0v) is 24.7. The molecule has 43 heavy (non-hydrogen) atoms. The van der Waals surface area contributed by atoms with E-state index in [1.54, 1.807) is 79.1 Å². The fraction of sp³-hybridized carbons (Fsp3) is 0.219. The van der Waals surface area contributed by atoms with Crippen LogP contribution in [0.5, 0.6) is 0 Å². The third-order valence-electron chi connectivity index (χ3n) is 8.44. The van der Waals surface area contributed by atoms with E-state index < -0.39 is 10.0 Å². The number of nitrogens with two attached hydrogens (primary N) is 1. The molecule has 11 heteroatoms. The first-order chi connectivity index (χ1) is 20.8. The number of nitrogens with zero attached hydrogens (tertiary/aromatic N) is 4. The average Bonchev–Trinajstić information content (AvgIpc) is 3.54. The van der Waals surface area contributed by atoms with Crippen LogP contribution in [0, 0.1) is 0 Å². The number of hydrogen-bond donors (Lipinski definition) is 2. The molecule has 7 rings (SSSR count). The standard InChI is InChI=1S/C32H29ClN6O3S/c33-28-18-35-32(36-22-16-23-14-15-24(17-22)39(23)31(40)20-10-12-21(34)13-11-20)37-30(28)27-19-38(29-9-5-4-8-26(27)29)43(41,42)25-6-2-1-3-7-25/h1-13,18-19,22-24H,14-17,34H2,(H,35,36,37)/t22?,23-,24+. The number of rotatable bonds is 6. The van der Waals surface area contributed by atoms with Crippen molar-refractivity contribution in [3.63, 3.8) is 0 Å². The van der Waals surface area contributed by atoms with Gasteiger partial charge in [-0.15, -0.1) is 0 Å².